The number of ether oxygens (including phenoxy) is 3. The first kappa shape index (κ1) is 20.9. The van der Waals surface area contributed by atoms with Crippen molar-refractivity contribution in [2.24, 2.45) is 4.99 Å². The zero-order chi connectivity index (χ0) is 21.1. The van der Waals surface area contributed by atoms with Gasteiger partial charge in [-0.2, -0.15) is 4.99 Å². The molecule has 0 unspecified atom stereocenters. The van der Waals surface area contributed by atoms with Gasteiger partial charge >= 0.3 is 5.97 Å². The fourth-order valence-corrected chi connectivity index (χ4v) is 4.32. The van der Waals surface area contributed by atoms with Gasteiger partial charge in [-0.1, -0.05) is 35.1 Å². The highest BCUT2D eigenvalue weighted by Crippen LogP contribution is 2.32. The third kappa shape index (κ3) is 3.99. The molecule has 1 aromatic heterocycles. The summed E-state index contributed by atoms with van der Waals surface area (Å²) < 4.78 is 17.8. The molecule has 0 spiro atoms. The lowest BCUT2D eigenvalue weighted by Crippen LogP contribution is -2.22. The summed E-state index contributed by atoms with van der Waals surface area (Å²) in [6.07, 6.45) is 0. The van der Waals surface area contributed by atoms with E-state index in [-0.39, 0.29) is 12.1 Å². The first-order valence-corrected chi connectivity index (χ1v) is 9.76. The predicted octanol–water partition coefficient (Wildman–Crippen LogP) is 3.60. The van der Waals surface area contributed by atoms with Gasteiger partial charge in [-0.3, -0.25) is 9.59 Å². The number of thiazole rings is 1. The topological polar surface area (TPSA) is 79.1 Å². The SMILES string of the molecule is COC(=O)Cn1c(=NC(=O)c2cccc(OC)c2OC)sc2c(Cl)ccc(C)c21. The van der Waals surface area contributed by atoms with Gasteiger partial charge in [-0.25, -0.2) is 0 Å². The molecular weight excluding hydrogens is 416 g/mol. The van der Waals surface area contributed by atoms with Crippen molar-refractivity contribution in [1.82, 2.24) is 4.57 Å². The fraction of sp³-hybridized carbons (Fsp3) is 0.250. The van der Waals surface area contributed by atoms with Crippen molar-refractivity contribution in [1.29, 1.82) is 0 Å². The second kappa shape index (κ2) is 8.67. The van der Waals surface area contributed by atoms with Crippen LogP contribution in [0.1, 0.15) is 15.9 Å². The number of nitrogens with zero attached hydrogens (tertiary/aromatic N) is 2. The maximum absolute atomic E-state index is 13.0. The molecule has 1 heterocycles. The summed E-state index contributed by atoms with van der Waals surface area (Å²) in [5.41, 5.74) is 1.88. The van der Waals surface area contributed by atoms with Gasteiger partial charge in [0.1, 0.15) is 6.54 Å². The van der Waals surface area contributed by atoms with Crippen LogP contribution in [0.15, 0.2) is 35.3 Å². The molecule has 3 aromatic rings. The number of halogens is 1. The van der Waals surface area contributed by atoms with Crippen LogP contribution in [0.2, 0.25) is 5.02 Å². The molecule has 0 aliphatic rings. The van der Waals surface area contributed by atoms with Gasteiger partial charge in [0.05, 0.1) is 42.1 Å². The van der Waals surface area contributed by atoms with Crippen LogP contribution >= 0.6 is 22.9 Å². The number of para-hydroxylation sites is 1. The second-order valence-electron chi connectivity index (χ2n) is 6.05. The van der Waals surface area contributed by atoms with Crippen LogP contribution in [0.25, 0.3) is 10.2 Å². The maximum atomic E-state index is 13.0. The van der Waals surface area contributed by atoms with E-state index in [0.29, 0.717) is 21.3 Å². The Kier molecular flexibility index (Phi) is 6.24. The van der Waals surface area contributed by atoms with Gasteiger partial charge in [-0.15, -0.1) is 0 Å². The molecule has 9 heteroatoms. The molecule has 0 radical (unpaired) electrons. The smallest absolute Gasteiger partial charge is 0.325 e. The van der Waals surface area contributed by atoms with Crippen molar-refractivity contribution in [3.63, 3.8) is 0 Å². The van der Waals surface area contributed by atoms with Crippen LogP contribution in [-0.2, 0) is 16.1 Å². The van der Waals surface area contributed by atoms with E-state index in [2.05, 4.69) is 4.99 Å². The summed E-state index contributed by atoms with van der Waals surface area (Å²) in [5.74, 6) is -0.276. The van der Waals surface area contributed by atoms with Crippen molar-refractivity contribution in [2.75, 3.05) is 21.3 Å². The highest BCUT2D eigenvalue weighted by Gasteiger charge is 2.19. The van der Waals surface area contributed by atoms with Gasteiger partial charge in [0, 0.05) is 0 Å². The van der Waals surface area contributed by atoms with E-state index in [1.807, 2.05) is 13.0 Å². The highest BCUT2D eigenvalue weighted by atomic mass is 35.5. The number of aryl methyl sites for hydroxylation is 1. The quantitative estimate of drug-likeness (QED) is 0.573. The minimum Gasteiger partial charge on any atom is -0.493 e. The summed E-state index contributed by atoms with van der Waals surface area (Å²) in [5, 5.41) is 0.516. The molecule has 7 nitrogen and oxygen atoms in total. The average Bonchev–Trinajstić information content (AvgIpc) is 3.08. The normalized spacial score (nSPS) is 11.6. The van der Waals surface area contributed by atoms with Gasteiger partial charge in [0.15, 0.2) is 16.3 Å². The number of hydrogen-bond acceptors (Lipinski definition) is 6. The van der Waals surface area contributed by atoms with E-state index < -0.39 is 11.9 Å². The number of carbonyl (C=O) groups is 2. The molecular formula is C20H19ClN2O5S. The van der Waals surface area contributed by atoms with Crippen molar-refractivity contribution < 1.29 is 23.8 Å². The summed E-state index contributed by atoms with van der Waals surface area (Å²) in [6.45, 7) is 1.80. The molecule has 2 aromatic carbocycles. The Bertz CT molecular complexity index is 1170. The van der Waals surface area contributed by atoms with Crippen LogP contribution in [0.5, 0.6) is 11.5 Å². The summed E-state index contributed by atoms with van der Waals surface area (Å²) in [7, 11) is 4.25. The number of hydrogen-bond donors (Lipinski definition) is 0. The molecule has 0 aliphatic carbocycles. The zero-order valence-electron chi connectivity index (χ0n) is 16.3. The van der Waals surface area contributed by atoms with Crippen molar-refractivity contribution in [2.45, 2.75) is 13.5 Å². The van der Waals surface area contributed by atoms with Crippen LogP contribution in [0, 0.1) is 6.92 Å². The number of fused-ring (bicyclic) bond motifs is 1. The van der Waals surface area contributed by atoms with Crippen LogP contribution in [-0.4, -0.2) is 37.8 Å². The Hall–Kier alpha value is -2.84. The summed E-state index contributed by atoms with van der Waals surface area (Å²) in [6, 6.07) is 8.59. The van der Waals surface area contributed by atoms with Crippen LogP contribution in [0.4, 0.5) is 0 Å². The van der Waals surface area contributed by atoms with E-state index in [1.165, 1.54) is 32.7 Å². The Morgan fingerprint density at radius 2 is 1.90 bits per heavy atom. The molecule has 0 saturated heterocycles. The Morgan fingerprint density at radius 3 is 2.55 bits per heavy atom. The van der Waals surface area contributed by atoms with Crippen LogP contribution in [0.3, 0.4) is 0 Å². The molecule has 0 saturated carbocycles. The Morgan fingerprint density at radius 1 is 1.14 bits per heavy atom. The number of methoxy groups -OCH3 is 3. The molecule has 29 heavy (non-hydrogen) atoms. The van der Waals surface area contributed by atoms with E-state index in [9.17, 15) is 9.59 Å². The Labute approximate surface area is 176 Å². The first-order chi connectivity index (χ1) is 13.9. The lowest BCUT2D eigenvalue weighted by atomic mass is 10.2. The van der Waals surface area contributed by atoms with Crippen molar-refractivity contribution >= 4 is 45.0 Å². The standard InChI is InChI=1S/C20H19ClN2O5S/c1-11-8-9-13(21)18-16(11)23(10-15(24)27-3)20(29-18)22-19(25)12-6-5-7-14(26-2)17(12)28-4/h5-9H,10H2,1-4H3. The molecule has 152 valence electrons. The largest absolute Gasteiger partial charge is 0.493 e. The van der Waals surface area contributed by atoms with Crippen molar-refractivity contribution in [3.8, 4) is 11.5 Å². The first-order valence-electron chi connectivity index (χ1n) is 8.56. The van der Waals surface area contributed by atoms with Crippen LogP contribution < -0.4 is 14.3 Å². The molecule has 0 fully saturated rings. The van der Waals surface area contributed by atoms with Crippen molar-refractivity contribution in [3.05, 3.63) is 51.3 Å². The molecule has 0 atom stereocenters. The molecule has 3 rings (SSSR count). The molecule has 0 N–H and O–H groups in total. The molecule has 0 bridgehead atoms. The van der Waals surface area contributed by atoms with E-state index >= 15 is 0 Å². The molecule has 0 aliphatic heterocycles. The number of amides is 1. The van der Waals surface area contributed by atoms with E-state index in [4.69, 9.17) is 25.8 Å². The maximum Gasteiger partial charge on any atom is 0.325 e. The lowest BCUT2D eigenvalue weighted by Gasteiger charge is -2.10. The average molecular weight is 435 g/mol. The summed E-state index contributed by atoms with van der Waals surface area (Å²) in [4.78, 5) is 29.5. The van der Waals surface area contributed by atoms with Gasteiger partial charge in [0.25, 0.3) is 5.91 Å². The Balaban J connectivity index is 2.24. The van der Waals surface area contributed by atoms with Gasteiger partial charge in [-0.05, 0) is 30.7 Å². The zero-order valence-corrected chi connectivity index (χ0v) is 17.9. The second-order valence-corrected chi connectivity index (χ2v) is 7.43. The number of aromatic nitrogens is 1. The van der Waals surface area contributed by atoms with E-state index in [1.54, 1.807) is 28.8 Å². The minimum atomic E-state index is -0.528. The number of esters is 1. The van der Waals surface area contributed by atoms with E-state index in [0.717, 1.165) is 15.8 Å². The summed E-state index contributed by atoms with van der Waals surface area (Å²) >= 11 is 7.57. The lowest BCUT2D eigenvalue weighted by molar-refractivity contribution is -0.141. The third-order valence-corrected chi connectivity index (χ3v) is 5.86. The predicted molar refractivity (Wildman–Crippen MR) is 111 cm³/mol. The highest BCUT2D eigenvalue weighted by molar-refractivity contribution is 7.17. The van der Waals surface area contributed by atoms with Gasteiger partial charge < -0.3 is 18.8 Å². The molecule has 1 amide bonds. The monoisotopic (exact) mass is 434 g/mol. The fourth-order valence-electron chi connectivity index (χ4n) is 2.95. The van der Waals surface area contributed by atoms with Gasteiger partial charge in [0.2, 0.25) is 0 Å². The third-order valence-electron chi connectivity index (χ3n) is 4.32. The minimum absolute atomic E-state index is 0.0982. The number of rotatable bonds is 5. The number of carbonyl (C=O) groups excluding carboxylic acids is 2. The number of benzene rings is 2.